The Labute approximate surface area is 134 Å². The predicted molar refractivity (Wildman–Crippen MR) is 89.5 cm³/mol. The van der Waals surface area contributed by atoms with Gasteiger partial charge in [0.05, 0.1) is 4.47 Å². The molecule has 0 bridgehead atoms. The van der Waals surface area contributed by atoms with Crippen molar-refractivity contribution >= 4 is 15.9 Å². The van der Waals surface area contributed by atoms with E-state index >= 15 is 0 Å². The highest BCUT2D eigenvalue weighted by atomic mass is 79.9. The Balaban J connectivity index is 1.54. The minimum atomic E-state index is 0.595. The van der Waals surface area contributed by atoms with Crippen LogP contribution < -0.4 is 10.1 Å². The number of benzene rings is 2. The topological polar surface area (TPSA) is 21.3 Å². The third-order valence-electron chi connectivity index (χ3n) is 3.68. The normalized spacial score (nSPS) is 14.2. The Bertz CT molecular complexity index is 605. The van der Waals surface area contributed by atoms with E-state index in [-0.39, 0.29) is 0 Å². The average Bonchev–Trinajstić information content (AvgIpc) is 3.30. The molecule has 21 heavy (non-hydrogen) atoms. The van der Waals surface area contributed by atoms with Gasteiger partial charge in [-0.05, 0) is 64.5 Å². The molecule has 3 heteroatoms. The van der Waals surface area contributed by atoms with Crippen molar-refractivity contribution in [1.82, 2.24) is 5.32 Å². The lowest BCUT2D eigenvalue weighted by Crippen LogP contribution is -2.15. The third-order valence-corrected chi connectivity index (χ3v) is 4.30. The highest BCUT2D eigenvalue weighted by Gasteiger charge is 2.19. The average molecular weight is 346 g/mol. The maximum absolute atomic E-state index is 5.86. The van der Waals surface area contributed by atoms with Crippen LogP contribution in [0, 0.1) is 6.92 Å². The molecule has 0 radical (unpaired) electrons. The second kappa shape index (κ2) is 6.63. The summed E-state index contributed by atoms with van der Waals surface area (Å²) in [5, 5.41) is 3.53. The van der Waals surface area contributed by atoms with Gasteiger partial charge in [0.15, 0.2) is 0 Å². The molecule has 2 aromatic rings. The fraction of sp³-hybridized carbons (Fsp3) is 0.333. The molecule has 0 aliphatic heterocycles. The summed E-state index contributed by atoms with van der Waals surface area (Å²) >= 11 is 3.54. The maximum atomic E-state index is 5.86. The lowest BCUT2D eigenvalue weighted by molar-refractivity contribution is 0.304. The Morgan fingerprint density at radius 3 is 2.48 bits per heavy atom. The van der Waals surface area contributed by atoms with Gasteiger partial charge in [0, 0.05) is 12.6 Å². The van der Waals surface area contributed by atoms with Crippen LogP contribution >= 0.6 is 15.9 Å². The van der Waals surface area contributed by atoms with Gasteiger partial charge < -0.3 is 10.1 Å². The van der Waals surface area contributed by atoms with Crippen molar-refractivity contribution in [3.63, 3.8) is 0 Å². The predicted octanol–water partition coefficient (Wildman–Crippen LogP) is 4.59. The van der Waals surface area contributed by atoms with Gasteiger partial charge >= 0.3 is 0 Å². The fourth-order valence-corrected chi connectivity index (χ4v) is 2.79. The van der Waals surface area contributed by atoms with E-state index in [4.69, 9.17) is 4.74 Å². The molecule has 3 rings (SSSR count). The summed E-state index contributed by atoms with van der Waals surface area (Å²) in [6.07, 6.45) is 2.66. The van der Waals surface area contributed by atoms with E-state index < -0.39 is 0 Å². The van der Waals surface area contributed by atoms with Crippen LogP contribution in [0.2, 0.25) is 0 Å². The molecular weight excluding hydrogens is 326 g/mol. The number of rotatable bonds is 6. The van der Waals surface area contributed by atoms with Crippen LogP contribution in [0.4, 0.5) is 0 Å². The van der Waals surface area contributed by atoms with Crippen molar-refractivity contribution in [1.29, 1.82) is 0 Å². The van der Waals surface area contributed by atoms with E-state index in [1.165, 1.54) is 29.5 Å². The SMILES string of the molecule is Cc1ccc(OCc2ccc(CNC3CC3)cc2)c(Br)c1. The Kier molecular flexibility index (Phi) is 4.61. The molecule has 0 saturated heterocycles. The van der Waals surface area contributed by atoms with E-state index in [2.05, 4.69) is 64.6 Å². The Morgan fingerprint density at radius 2 is 1.81 bits per heavy atom. The second-order valence-corrected chi connectivity index (χ2v) is 6.55. The number of hydrogen-bond donors (Lipinski definition) is 1. The molecule has 0 unspecified atom stereocenters. The van der Waals surface area contributed by atoms with Gasteiger partial charge in [0.2, 0.25) is 0 Å². The van der Waals surface area contributed by atoms with Gasteiger partial charge in [-0.15, -0.1) is 0 Å². The van der Waals surface area contributed by atoms with E-state index in [0.29, 0.717) is 6.61 Å². The molecule has 0 aromatic heterocycles. The summed E-state index contributed by atoms with van der Waals surface area (Å²) in [7, 11) is 0. The van der Waals surface area contributed by atoms with Gasteiger partial charge in [-0.25, -0.2) is 0 Å². The number of ether oxygens (including phenoxy) is 1. The Hall–Kier alpha value is -1.32. The molecule has 1 fully saturated rings. The van der Waals surface area contributed by atoms with Crippen LogP contribution in [0.15, 0.2) is 46.9 Å². The van der Waals surface area contributed by atoms with E-state index in [0.717, 1.165) is 22.8 Å². The second-order valence-electron chi connectivity index (χ2n) is 5.69. The van der Waals surface area contributed by atoms with Crippen molar-refractivity contribution < 1.29 is 4.74 Å². The summed E-state index contributed by atoms with van der Waals surface area (Å²) < 4.78 is 6.87. The molecule has 0 atom stereocenters. The van der Waals surface area contributed by atoms with Crippen LogP contribution in [-0.2, 0) is 13.2 Å². The molecule has 2 aromatic carbocycles. The van der Waals surface area contributed by atoms with Crippen molar-refractivity contribution in [3.05, 3.63) is 63.6 Å². The zero-order chi connectivity index (χ0) is 14.7. The summed E-state index contributed by atoms with van der Waals surface area (Å²) in [5.74, 6) is 0.889. The number of aryl methyl sites for hydroxylation is 1. The van der Waals surface area contributed by atoms with Crippen LogP contribution in [0.1, 0.15) is 29.5 Å². The molecule has 0 amide bonds. The van der Waals surface area contributed by atoms with Crippen molar-refractivity contribution in [2.45, 2.75) is 39.0 Å². The molecular formula is C18H20BrNO. The van der Waals surface area contributed by atoms with Crippen molar-refractivity contribution in [2.24, 2.45) is 0 Å². The molecule has 110 valence electrons. The zero-order valence-electron chi connectivity index (χ0n) is 12.2. The summed E-state index contributed by atoms with van der Waals surface area (Å²) in [6.45, 7) is 3.64. The highest BCUT2D eigenvalue weighted by Crippen LogP contribution is 2.26. The number of halogens is 1. The summed E-state index contributed by atoms with van der Waals surface area (Å²) in [5.41, 5.74) is 3.75. The fourth-order valence-electron chi connectivity index (χ4n) is 2.19. The number of hydrogen-bond acceptors (Lipinski definition) is 2. The van der Waals surface area contributed by atoms with Crippen LogP contribution in [0.25, 0.3) is 0 Å². The quantitative estimate of drug-likeness (QED) is 0.826. The minimum absolute atomic E-state index is 0.595. The lowest BCUT2D eigenvalue weighted by Gasteiger charge is -2.10. The highest BCUT2D eigenvalue weighted by molar-refractivity contribution is 9.10. The monoisotopic (exact) mass is 345 g/mol. The third kappa shape index (κ3) is 4.32. The van der Waals surface area contributed by atoms with Crippen molar-refractivity contribution in [3.8, 4) is 5.75 Å². The standard InChI is InChI=1S/C18H20BrNO/c1-13-2-9-18(17(19)10-13)21-12-15-5-3-14(4-6-15)11-20-16-7-8-16/h2-6,9-10,16,20H,7-8,11-12H2,1H3. The molecule has 1 aliphatic rings. The summed E-state index contributed by atoms with van der Waals surface area (Å²) in [6, 6.07) is 15.5. The first-order valence-corrected chi connectivity index (χ1v) is 8.20. The maximum Gasteiger partial charge on any atom is 0.134 e. The van der Waals surface area contributed by atoms with Gasteiger partial charge in [-0.3, -0.25) is 0 Å². The lowest BCUT2D eigenvalue weighted by atomic mass is 10.1. The van der Waals surface area contributed by atoms with E-state index in [9.17, 15) is 0 Å². The molecule has 1 aliphatic carbocycles. The van der Waals surface area contributed by atoms with Crippen molar-refractivity contribution in [2.75, 3.05) is 0 Å². The first-order valence-electron chi connectivity index (χ1n) is 7.41. The minimum Gasteiger partial charge on any atom is -0.488 e. The first kappa shape index (κ1) is 14.6. The summed E-state index contributed by atoms with van der Waals surface area (Å²) in [4.78, 5) is 0. The first-order chi connectivity index (χ1) is 10.2. The van der Waals surface area contributed by atoms with E-state index in [1.807, 2.05) is 6.07 Å². The largest absolute Gasteiger partial charge is 0.488 e. The van der Waals surface area contributed by atoms with Crippen LogP contribution in [0.3, 0.4) is 0 Å². The van der Waals surface area contributed by atoms with Gasteiger partial charge in [-0.1, -0.05) is 30.3 Å². The Morgan fingerprint density at radius 1 is 1.10 bits per heavy atom. The van der Waals surface area contributed by atoms with E-state index in [1.54, 1.807) is 0 Å². The van der Waals surface area contributed by atoms with Gasteiger partial charge in [0.1, 0.15) is 12.4 Å². The molecule has 1 saturated carbocycles. The molecule has 0 heterocycles. The van der Waals surface area contributed by atoms with Crippen LogP contribution in [0.5, 0.6) is 5.75 Å². The number of nitrogens with one attached hydrogen (secondary N) is 1. The molecule has 2 nitrogen and oxygen atoms in total. The molecule has 1 N–H and O–H groups in total. The van der Waals surface area contributed by atoms with Gasteiger partial charge in [0.25, 0.3) is 0 Å². The smallest absolute Gasteiger partial charge is 0.134 e. The zero-order valence-corrected chi connectivity index (χ0v) is 13.8. The molecule has 0 spiro atoms. The van der Waals surface area contributed by atoms with Crippen LogP contribution in [-0.4, -0.2) is 6.04 Å². The van der Waals surface area contributed by atoms with Gasteiger partial charge in [-0.2, -0.15) is 0 Å².